The van der Waals surface area contributed by atoms with E-state index in [1.807, 2.05) is 36.5 Å². The summed E-state index contributed by atoms with van der Waals surface area (Å²) in [7, 11) is 1.68. The highest BCUT2D eigenvalue weighted by Gasteiger charge is 2.07. The number of benzene rings is 1. The third-order valence-electron chi connectivity index (χ3n) is 3.12. The molecule has 1 heterocycles. The first-order chi connectivity index (χ1) is 10.2. The fraction of sp³-hybridized carbons (Fsp3) is 0.235. The molecular formula is C17H19ClN2O. The molecule has 4 heteroatoms. The molecule has 21 heavy (non-hydrogen) atoms. The smallest absolute Gasteiger partial charge is 0.129 e. The van der Waals surface area contributed by atoms with Gasteiger partial charge in [0.1, 0.15) is 10.9 Å². The number of methoxy groups -OCH3 is 1. The highest BCUT2D eigenvalue weighted by atomic mass is 35.5. The number of halogens is 1. The average Bonchev–Trinajstić information content (AvgIpc) is 2.50. The molecular weight excluding hydrogens is 284 g/mol. The molecule has 0 aliphatic heterocycles. The van der Waals surface area contributed by atoms with Gasteiger partial charge in [0.15, 0.2) is 0 Å². The lowest BCUT2D eigenvalue weighted by atomic mass is 10.2. The van der Waals surface area contributed by atoms with Crippen molar-refractivity contribution in [1.82, 2.24) is 9.88 Å². The van der Waals surface area contributed by atoms with Gasteiger partial charge in [-0.15, -0.1) is 6.58 Å². The van der Waals surface area contributed by atoms with Crippen molar-refractivity contribution in [3.8, 4) is 5.75 Å². The number of hydrogen-bond donors (Lipinski definition) is 0. The van der Waals surface area contributed by atoms with Gasteiger partial charge in [-0.25, -0.2) is 4.98 Å². The zero-order chi connectivity index (χ0) is 15.1. The first-order valence-corrected chi connectivity index (χ1v) is 7.15. The summed E-state index contributed by atoms with van der Waals surface area (Å²) >= 11 is 5.82. The highest BCUT2D eigenvalue weighted by Crippen LogP contribution is 2.16. The maximum absolute atomic E-state index is 5.82. The summed E-state index contributed by atoms with van der Waals surface area (Å²) in [5.74, 6) is 0.874. The fourth-order valence-electron chi connectivity index (χ4n) is 2.15. The molecule has 2 aromatic rings. The Hall–Kier alpha value is -1.84. The van der Waals surface area contributed by atoms with Gasteiger partial charge < -0.3 is 4.74 Å². The fourth-order valence-corrected chi connectivity index (χ4v) is 2.27. The Labute approximate surface area is 130 Å². The van der Waals surface area contributed by atoms with Crippen LogP contribution in [0.2, 0.25) is 5.15 Å². The number of rotatable bonds is 7. The van der Waals surface area contributed by atoms with Gasteiger partial charge in [0.05, 0.1) is 7.11 Å². The number of pyridine rings is 1. The summed E-state index contributed by atoms with van der Waals surface area (Å²) in [6.45, 7) is 6.26. The summed E-state index contributed by atoms with van der Waals surface area (Å²) in [6.07, 6.45) is 3.72. The van der Waals surface area contributed by atoms with Gasteiger partial charge >= 0.3 is 0 Å². The van der Waals surface area contributed by atoms with E-state index < -0.39 is 0 Å². The molecule has 0 saturated heterocycles. The molecule has 0 radical (unpaired) electrons. The zero-order valence-corrected chi connectivity index (χ0v) is 12.9. The molecule has 0 bridgehead atoms. The molecule has 2 rings (SSSR count). The largest absolute Gasteiger partial charge is 0.497 e. The van der Waals surface area contributed by atoms with Gasteiger partial charge in [-0.3, -0.25) is 4.90 Å². The topological polar surface area (TPSA) is 25.4 Å². The molecule has 0 amide bonds. The molecule has 110 valence electrons. The molecule has 0 unspecified atom stereocenters. The maximum atomic E-state index is 5.82. The van der Waals surface area contributed by atoms with Gasteiger partial charge in [0, 0.05) is 25.8 Å². The third-order valence-corrected chi connectivity index (χ3v) is 3.35. The zero-order valence-electron chi connectivity index (χ0n) is 12.1. The second-order valence-electron chi connectivity index (χ2n) is 4.80. The second kappa shape index (κ2) is 7.81. The minimum absolute atomic E-state index is 0.516. The Kier molecular flexibility index (Phi) is 5.78. The van der Waals surface area contributed by atoms with Crippen molar-refractivity contribution in [1.29, 1.82) is 0 Å². The van der Waals surface area contributed by atoms with E-state index in [2.05, 4.69) is 28.6 Å². The van der Waals surface area contributed by atoms with Crippen LogP contribution in [0.25, 0.3) is 0 Å². The van der Waals surface area contributed by atoms with E-state index in [4.69, 9.17) is 16.3 Å². The highest BCUT2D eigenvalue weighted by molar-refractivity contribution is 6.29. The molecule has 0 aliphatic carbocycles. The molecule has 0 aliphatic rings. The van der Waals surface area contributed by atoms with E-state index in [0.717, 1.165) is 30.9 Å². The Balaban J connectivity index is 2.07. The minimum atomic E-state index is 0.516. The SMILES string of the molecule is C=CCN(Cc1ccc(Cl)nc1)Cc1cccc(OC)c1. The second-order valence-corrected chi connectivity index (χ2v) is 5.19. The number of aromatic nitrogens is 1. The van der Waals surface area contributed by atoms with Crippen LogP contribution >= 0.6 is 11.6 Å². The van der Waals surface area contributed by atoms with E-state index in [1.165, 1.54) is 5.56 Å². The predicted molar refractivity (Wildman–Crippen MR) is 86.6 cm³/mol. The van der Waals surface area contributed by atoms with Gasteiger partial charge in [-0.05, 0) is 29.3 Å². The first kappa shape index (κ1) is 15.5. The van der Waals surface area contributed by atoms with E-state index in [0.29, 0.717) is 5.15 Å². The molecule has 0 N–H and O–H groups in total. The van der Waals surface area contributed by atoms with Crippen molar-refractivity contribution in [3.63, 3.8) is 0 Å². The normalized spacial score (nSPS) is 10.6. The van der Waals surface area contributed by atoms with Crippen LogP contribution in [-0.4, -0.2) is 23.5 Å². The van der Waals surface area contributed by atoms with Crippen molar-refractivity contribution in [2.75, 3.05) is 13.7 Å². The Morgan fingerprint density at radius 2 is 2.05 bits per heavy atom. The molecule has 1 aromatic heterocycles. The molecule has 0 spiro atoms. The molecule has 0 saturated carbocycles. The van der Waals surface area contributed by atoms with E-state index in [-0.39, 0.29) is 0 Å². The molecule has 0 fully saturated rings. The van der Waals surface area contributed by atoms with Gasteiger partial charge in [-0.1, -0.05) is 35.9 Å². The quantitative estimate of drug-likeness (QED) is 0.572. The van der Waals surface area contributed by atoms with Crippen LogP contribution in [0.15, 0.2) is 55.3 Å². The van der Waals surface area contributed by atoms with Crippen molar-refractivity contribution >= 4 is 11.6 Å². The Morgan fingerprint density at radius 3 is 2.71 bits per heavy atom. The van der Waals surface area contributed by atoms with Crippen LogP contribution in [0.3, 0.4) is 0 Å². The number of nitrogens with zero attached hydrogens (tertiary/aromatic N) is 2. The molecule has 3 nitrogen and oxygen atoms in total. The maximum Gasteiger partial charge on any atom is 0.129 e. The van der Waals surface area contributed by atoms with Crippen molar-refractivity contribution in [2.45, 2.75) is 13.1 Å². The first-order valence-electron chi connectivity index (χ1n) is 6.78. The number of ether oxygens (including phenoxy) is 1. The van der Waals surface area contributed by atoms with Crippen LogP contribution in [0.1, 0.15) is 11.1 Å². The summed E-state index contributed by atoms with van der Waals surface area (Å²) in [4.78, 5) is 6.40. The molecule has 0 atom stereocenters. The standard InChI is InChI=1S/C17H19ClN2O/c1-3-9-20(13-15-7-8-17(18)19-11-15)12-14-5-4-6-16(10-14)21-2/h3-8,10-11H,1,9,12-13H2,2H3. The van der Waals surface area contributed by atoms with Crippen LogP contribution in [0.5, 0.6) is 5.75 Å². The van der Waals surface area contributed by atoms with Crippen LogP contribution in [-0.2, 0) is 13.1 Å². The van der Waals surface area contributed by atoms with Gasteiger partial charge in [0.2, 0.25) is 0 Å². The van der Waals surface area contributed by atoms with Crippen LogP contribution in [0.4, 0.5) is 0 Å². The average molecular weight is 303 g/mol. The molecule has 1 aromatic carbocycles. The lowest BCUT2D eigenvalue weighted by Gasteiger charge is -2.21. The van der Waals surface area contributed by atoms with E-state index in [9.17, 15) is 0 Å². The minimum Gasteiger partial charge on any atom is -0.497 e. The predicted octanol–water partition coefficient (Wildman–Crippen LogP) is 3.93. The Morgan fingerprint density at radius 1 is 1.24 bits per heavy atom. The monoisotopic (exact) mass is 302 g/mol. The van der Waals surface area contributed by atoms with Gasteiger partial charge in [-0.2, -0.15) is 0 Å². The van der Waals surface area contributed by atoms with E-state index >= 15 is 0 Å². The lowest BCUT2D eigenvalue weighted by molar-refractivity contribution is 0.285. The van der Waals surface area contributed by atoms with Crippen LogP contribution < -0.4 is 4.74 Å². The summed E-state index contributed by atoms with van der Waals surface area (Å²) < 4.78 is 5.26. The lowest BCUT2D eigenvalue weighted by Crippen LogP contribution is -2.22. The Bertz CT molecular complexity index is 584. The summed E-state index contributed by atoms with van der Waals surface area (Å²) in [6, 6.07) is 11.9. The number of hydrogen-bond acceptors (Lipinski definition) is 3. The summed E-state index contributed by atoms with van der Waals surface area (Å²) in [5, 5.41) is 0.516. The van der Waals surface area contributed by atoms with Crippen LogP contribution in [0, 0.1) is 0 Å². The van der Waals surface area contributed by atoms with Crippen molar-refractivity contribution < 1.29 is 4.74 Å². The van der Waals surface area contributed by atoms with Crippen molar-refractivity contribution in [3.05, 3.63) is 71.5 Å². The summed E-state index contributed by atoms with van der Waals surface area (Å²) in [5.41, 5.74) is 2.34. The van der Waals surface area contributed by atoms with Crippen molar-refractivity contribution in [2.24, 2.45) is 0 Å². The van der Waals surface area contributed by atoms with E-state index in [1.54, 1.807) is 7.11 Å². The third kappa shape index (κ3) is 4.88. The van der Waals surface area contributed by atoms with Gasteiger partial charge in [0.25, 0.3) is 0 Å².